The van der Waals surface area contributed by atoms with Gasteiger partial charge in [0.2, 0.25) is 5.91 Å². The van der Waals surface area contributed by atoms with Crippen molar-refractivity contribution < 1.29 is 14.7 Å². The van der Waals surface area contributed by atoms with E-state index in [1.807, 2.05) is 17.5 Å². The molecule has 1 amide bonds. The molecule has 0 aliphatic heterocycles. The van der Waals surface area contributed by atoms with Gasteiger partial charge in [-0.15, -0.1) is 11.3 Å². The average Bonchev–Trinajstić information content (AvgIpc) is 2.76. The van der Waals surface area contributed by atoms with Crippen molar-refractivity contribution in [3.63, 3.8) is 0 Å². The van der Waals surface area contributed by atoms with E-state index in [4.69, 9.17) is 5.11 Å². The first-order chi connectivity index (χ1) is 7.92. The van der Waals surface area contributed by atoms with Crippen LogP contribution in [0.4, 0.5) is 0 Å². The molecule has 5 heteroatoms. The molecule has 1 aromatic heterocycles. The smallest absolute Gasteiger partial charge is 0.310 e. The Morgan fingerprint density at radius 3 is 2.71 bits per heavy atom. The molecule has 0 aliphatic carbocycles. The van der Waals surface area contributed by atoms with Gasteiger partial charge < -0.3 is 10.4 Å². The number of carbonyl (C=O) groups is 2. The second-order valence-electron chi connectivity index (χ2n) is 4.55. The second kappa shape index (κ2) is 5.82. The van der Waals surface area contributed by atoms with Gasteiger partial charge in [0.15, 0.2) is 0 Å². The first-order valence-corrected chi connectivity index (χ1v) is 6.32. The predicted molar refractivity (Wildman–Crippen MR) is 67.1 cm³/mol. The van der Waals surface area contributed by atoms with Crippen LogP contribution < -0.4 is 5.32 Å². The van der Waals surface area contributed by atoms with Crippen molar-refractivity contribution in [1.82, 2.24) is 5.32 Å². The summed E-state index contributed by atoms with van der Waals surface area (Å²) in [6.07, 6.45) is 1.10. The lowest BCUT2D eigenvalue weighted by Gasteiger charge is -2.19. The maximum Gasteiger partial charge on any atom is 0.310 e. The number of carboxylic acids is 1. The van der Waals surface area contributed by atoms with E-state index in [1.165, 1.54) is 0 Å². The summed E-state index contributed by atoms with van der Waals surface area (Å²) in [5, 5.41) is 13.5. The predicted octanol–water partition coefficient (Wildman–Crippen LogP) is 1.91. The molecule has 17 heavy (non-hydrogen) atoms. The van der Waals surface area contributed by atoms with E-state index in [-0.39, 0.29) is 12.5 Å². The fraction of sp³-hybridized carbons (Fsp3) is 0.500. The highest BCUT2D eigenvalue weighted by atomic mass is 32.1. The summed E-state index contributed by atoms with van der Waals surface area (Å²) in [4.78, 5) is 23.5. The van der Waals surface area contributed by atoms with Crippen LogP contribution in [0, 0.1) is 5.41 Å². The average molecular weight is 255 g/mol. The van der Waals surface area contributed by atoms with Gasteiger partial charge in [-0.25, -0.2) is 0 Å². The largest absolute Gasteiger partial charge is 0.481 e. The van der Waals surface area contributed by atoms with Crippen LogP contribution in [0.5, 0.6) is 0 Å². The van der Waals surface area contributed by atoms with Crippen molar-refractivity contribution in [2.24, 2.45) is 5.41 Å². The molecule has 0 unspecified atom stereocenters. The van der Waals surface area contributed by atoms with Gasteiger partial charge in [-0.1, -0.05) is 6.07 Å². The number of carbonyl (C=O) groups excluding carboxylic acids is 1. The maximum absolute atomic E-state index is 11.5. The minimum Gasteiger partial charge on any atom is -0.481 e. The van der Waals surface area contributed by atoms with Gasteiger partial charge in [0.1, 0.15) is 0 Å². The Balaban J connectivity index is 2.28. The Bertz CT molecular complexity index is 384. The molecule has 0 saturated carbocycles. The molecule has 0 saturated heterocycles. The summed E-state index contributed by atoms with van der Waals surface area (Å²) < 4.78 is 0. The lowest BCUT2D eigenvalue weighted by molar-refractivity contribution is -0.146. The zero-order valence-corrected chi connectivity index (χ0v) is 10.8. The lowest BCUT2D eigenvalue weighted by Crippen LogP contribution is -2.38. The highest BCUT2D eigenvalue weighted by Crippen LogP contribution is 2.14. The normalized spacial score (nSPS) is 11.2. The molecule has 94 valence electrons. The van der Waals surface area contributed by atoms with Crippen LogP contribution in [0.3, 0.4) is 0 Å². The van der Waals surface area contributed by atoms with Crippen molar-refractivity contribution in [3.05, 3.63) is 22.4 Å². The number of aryl methyl sites for hydroxylation is 1. The Morgan fingerprint density at radius 1 is 1.47 bits per heavy atom. The lowest BCUT2D eigenvalue weighted by atomic mass is 9.94. The molecule has 0 radical (unpaired) electrons. The monoisotopic (exact) mass is 255 g/mol. The number of hydrogen-bond acceptors (Lipinski definition) is 3. The van der Waals surface area contributed by atoms with E-state index in [0.717, 1.165) is 4.88 Å². The zero-order valence-electron chi connectivity index (χ0n) is 10.0. The van der Waals surface area contributed by atoms with Crippen molar-refractivity contribution in [1.29, 1.82) is 0 Å². The molecule has 0 aromatic carbocycles. The van der Waals surface area contributed by atoms with Gasteiger partial charge in [-0.2, -0.15) is 0 Å². The first kappa shape index (κ1) is 13.7. The third-order valence-corrected chi connectivity index (χ3v) is 3.42. The van der Waals surface area contributed by atoms with Crippen LogP contribution in [0.1, 0.15) is 25.1 Å². The molecular weight excluding hydrogens is 238 g/mol. The van der Waals surface area contributed by atoms with E-state index < -0.39 is 11.4 Å². The van der Waals surface area contributed by atoms with Crippen LogP contribution >= 0.6 is 11.3 Å². The highest BCUT2D eigenvalue weighted by Gasteiger charge is 2.27. The summed E-state index contributed by atoms with van der Waals surface area (Å²) in [5.74, 6) is -1.01. The number of aliphatic carboxylic acids is 1. The second-order valence-corrected chi connectivity index (χ2v) is 5.58. The van der Waals surface area contributed by atoms with Gasteiger partial charge in [0, 0.05) is 17.8 Å². The molecule has 0 aliphatic rings. The Labute approximate surface area is 105 Å². The van der Waals surface area contributed by atoms with Gasteiger partial charge in [-0.3, -0.25) is 9.59 Å². The third-order valence-electron chi connectivity index (χ3n) is 2.49. The molecular formula is C12H17NO3S. The molecule has 0 atom stereocenters. The number of amides is 1. The Hall–Kier alpha value is -1.36. The molecule has 0 fully saturated rings. The van der Waals surface area contributed by atoms with E-state index >= 15 is 0 Å². The number of thiophene rings is 1. The molecule has 0 bridgehead atoms. The van der Waals surface area contributed by atoms with Gasteiger partial charge in [0.25, 0.3) is 0 Å². The van der Waals surface area contributed by atoms with Crippen LogP contribution in [-0.4, -0.2) is 23.5 Å². The van der Waals surface area contributed by atoms with Crippen molar-refractivity contribution >= 4 is 23.2 Å². The van der Waals surface area contributed by atoms with E-state index in [9.17, 15) is 9.59 Å². The molecule has 2 N–H and O–H groups in total. The highest BCUT2D eigenvalue weighted by molar-refractivity contribution is 7.09. The topological polar surface area (TPSA) is 66.4 Å². The summed E-state index contributed by atoms with van der Waals surface area (Å²) in [5.41, 5.74) is -0.918. The maximum atomic E-state index is 11.5. The quantitative estimate of drug-likeness (QED) is 0.816. The molecule has 1 aromatic rings. The van der Waals surface area contributed by atoms with Crippen LogP contribution in [0.2, 0.25) is 0 Å². The molecule has 4 nitrogen and oxygen atoms in total. The Morgan fingerprint density at radius 2 is 2.18 bits per heavy atom. The number of nitrogens with one attached hydrogen (secondary N) is 1. The number of rotatable bonds is 6. The summed E-state index contributed by atoms with van der Waals surface area (Å²) in [6, 6.07) is 3.94. The van der Waals surface area contributed by atoms with Crippen LogP contribution in [0.25, 0.3) is 0 Å². The van der Waals surface area contributed by atoms with E-state index in [0.29, 0.717) is 12.8 Å². The summed E-state index contributed by atoms with van der Waals surface area (Å²) in [6.45, 7) is 3.34. The van der Waals surface area contributed by atoms with Gasteiger partial charge in [0.05, 0.1) is 5.41 Å². The fourth-order valence-corrected chi connectivity index (χ4v) is 1.88. The number of carboxylic acid groups (broad SMARTS) is 1. The Kier molecular flexibility index (Phi) is 4.69. The zero-order chi connectivity index (χ0) is 12.9. The van der Waals surface area contributed by atoms with Crippen LogP contribution in [-0.2, 0) is 16.0 Å². The van der Waals surface area contributed by atoms with Crippen LogP contribution in [0.15, 0.2) is 17.5 Å². The number of hydrogen-bond donors (Lipinski definition) is 2. The summed E-state index contributed by atoms with van der Waals surface area (Å²) in [7, 11) is 0. The molecule has 1 heterocycles. The first-order valence-electron chi connectivity index (χ1n) is 5.44. The van der Waals surface area contributed by atoms with Crippen molar-refractivity contribution in [2.45, 2.75) is 26.7 Å². The molecule has 0 spiro atoms. The van der Waals surface area contributed by atoms with Crippen molar-refractivity contribution in [3.8, 4) is 0 Å². The fourth-order valence-electron chi connectivity index (χ4n) is 1.18. The van der Waals surface area contributed by atoms with E-state index in [1.54, 1.807) is 25.2 Å². The van der Waals surface area contributed by atoms with Crippen molar-refractivity contribution in [2.75, 3.05) is 6.54 Å². The minimum atomic E-state index is -0.918. The summed E-state index contributed by atoms with van der Waals surface area (Å²) >= 11 is 1.62. The standard InChI is InChI=1S/C12H17NO3S/c1-12(2,11(15)16)8-13-10(14)6-5-9-4-3-7-17-9/h3-4,7H,5-6,8H2,1-2H3,(H,13,14)(H,15,16). The third kappa shape index (κ3) is 4.56. The SMILES string of the molecule is CC(C)(CNC(=O)CCc1cccs1)C(=O)O. The molecule has 1 rings (SSSR count). The van der Waals surface area contributed by atoms with E-state index in [2.05, 4.69) is 5.32 Å². The minimum absolute atomic E-state index is 0.104. The van der Waals surface area contributed by atoms with Gasteiger partial charge in [-0.05, 0) is 31.7 Å². The van der Waals surface area contributed by atoms with Gasteiger partial charge >= 0.3 is 5.97 Å².